The number of hydrogen-bond donors (Lipinski definition) is 2. The molecule has 3 aliphatic rings. The molecule has 1 amide bonds. The first-order valence-electron chi connectivity index (χ1n) is 9.61. The van der Waals surface area contributed by atoms with Crippen LogP contribution in [0.15, 0.2) is 6.33 Å². The van der Waals surface area contributed by atoms with Crippen molar-refractivity contribution in [3.63, 3.8) is 0 Å². The first-order valence-corrected chi connectivity index (χ1v) is 9.61. The molecule has 142 valence electrons. The van der Waals surface area contributed by atoms with Crippen molar-refractivity contribution in [2.75, 3.05) is 49.6 Å². The molecule has 8 heteroatoms. The number of piperidine rings is 2. The molecule has 0 spiro atoms. The van der Waals surface area contributed by atoms with E-state index >= 15 is 0 Å². The molecular formula is C18H28N6O2. The molecule has 26 heavy (non-hydrogen) atoms. The average Bonchev–Trinajstić information content (AvgIpc) is 2.79. The number of nitrogens with zero attached hydrogens (tertiary/aromatic N) is 5. The van der Waals surface area contributed by atoms with Gasteiger partial charge >= 0.3 is 0 Å². The monoisotopic (exact) mass is 360 g/mol. The van der Waals surface area contributed by atoms with E-state index in [9.17, 15) is 9.90 Å². The van der Waals surface area contributed by atoms with Crippen LogP contribution in [0.4, 0.5) is 11.6 Å². The minimum atomic E-state index is -0.220. The Labute approximate surface area is 154 Å². The van der Waals surface area contributed by atoms with Gasteiger partial charge in [-0.3, -0.25) is 4.79 Å². The number of hydrogen-bond acceptors (Lipinski definition) is 7. The predicted octanol–water partition coefficient (Wildman–Crippen LogP) is -0.0319. The summed E-state index contributed by atoms with van der Waals surface area (Å²) in [5, 5.41) is 13.2. The smallest absolute Gasteiger partial charge is 0.242 e. The quantitative estimate of drug-likeness (QED) is 0.766. The van der Waals surface area contributed by atoms with Crippen molar-refractivity contribution < 1.29 is 9.90 Å². The molecular weight excluding hydrogens is 332 g/mol. The SMILES string of the molecule is CN1CC(=O)N(C2CCNCC2)Cc2c1ncnc2N1CCC(O)CC1. The molecule has 2 N–H and O–H groups in total. The van der Waals surface area contributed by atoms with Crippen molar-refractivity contribution in [2.45, 2.75) is 44.4 Å². The van der Waals surface area contributed by atoms with Crippen molar-refractivity contribution in [2.24, 2.45) is 0 Å². The molecule has 2 saturated heterocycles. The Balaban J connectivity index is 1.66. The maximum Gasteiger partial charge on any atom is 0.242 e. The normalized spacial score (nSPS) is 23.2. The highest BCUT2D eigenvalue weighted by Crippen LogP contribution is 2.32. The molecule has 0 saturated carbocycles. The maximum absolute atomic E-state index is 12.9. The van der Waals surface area contributed by atoms with Gasteiger partial charge in [0.1, 0.15) is 18.0 Å². The van der Waals surface area contributed by atoms with Gasteiger partial charge in [0, 0.05) is 26.2 Å². The molecule has 2 fully saturated rings. The molecule has 4 rings (SSSR count). The van der Waals surface area contributed by atoms with Crippen molar-refractivity contribution >= 4 is 17.5 Å². The van der Waals surface area contributed by atoms with Crippen LogP contribution >= 0.6 is 0 Å². The van der Waals surface area contributed by atoms with Crippen LogP contribution in [0.3, 0.4) is 0 Å². The van der Waals surface area contributed by atoms with Crippen LogP contribution in [0.1, 0.15) is 31.2 Å². The molecule has 4 heterocycles. The van der Waals surface area contributed by atoms with Gasteiger partial charge in [-0.2, -0.15) is 0 Å². The summed E-state index contributed by atoms with van der Waals surface area (Å²) < 4.78 is 0. The van der Waals surface area contributed by atoms with E-state index in [0.29, 0.717) is 13.1 Å². The molecule has 0 aromatic carbocycles. The second-order valence-electron chi connectivity index (χ2n) is 7.58. The Kier molecular flexibility index (Phi) is 4.95. The summed E-state index contributed by atoms with van der Waals surface area (Å²) in [5.74, 6) is 1.94. The lowest BCUT2D eigenvalue weighted by molar-refractivity contribution is -0.133. The highest BCUT2D eigenvalue weighted by Gasteiger charge is 2.33. The second-order valence-corrected chi connectivity index (χ2v) is 7.58. The number of rotatable bonds is 2. The highest BCUT2D eigenvalue weighted by molar-refractivity contribution is 5.84. The molecule has 0 bridgehead atoms. The summed E-state index contributed by atoms with van der Waals surface area (Å²) in [7, 11) is 1.93. The summed E-state index contributed by atoms with van der Waals surface area (Å²) in [6.07, 6.45) is 4.87. The van der Waals surface area contributed by atoms with Crippen LogP contribution in [0.25, 0.3) is 0 Å². The van der Waals surface area contributed by atoms with Crippen molar-refractivity contribution in [3.8, 4) is 0 Å². The Morgan fingerprint density at radius 2 is 1.77 bits per heavy atom. The topological polar surface area (TPSA) is 84.8 Å². The molecule has 1 aromatic heterocycles. The number of amides is 1. The standard InChI is InChI=1S/C18H28N6O2/c1-22-11-16(26)24(13-2-6-19-7-3-13)10-15-17(22)20-12-21-18(15)23-8-4-14(25)5-9-23/h12-14,19,25H,2-11H2,1H3. The second kappa shape index (κ2) is 7.36. The first kappa shape index (κ1) is 17.5. The number of nitrogens with one attached hydrogen (secondary N) is 1. The van der Waals surface area contributed by atoms with Crippen molar-refractivity contribution in [3.05, 3.63) is 11.9 Å². The number of carbonyl (C=O) groups is 1. The van der Waals surface area contributed by atoms with Crippen LogP contribution < -0.4 is 15.1 Å². The van der Waals surface area contributed by atoms with Gasteiger partial charge in [0.05, 0.1) is 24.8 Å². The van der Waals surface area contributed by atoms with Gasteiger partial charge in [-0.25, -0.2) is 9.97 Å². The highest BCUT2D eigenvalue weighted by atomic mass is 16.3. The summed E-state index contributed by atoms with van der Waals surface area (Å²) >= 11 is 0. The molecule has 8 nitrogen and oxygen atoms in total. The van der Waals surface area contributed by atoms with Gasteiger partial charge in [-0.1, -0.05) is 0 Å². The van der Waals surface area contributed by atoms with Crippen LogP contribution in [-0.4, -0.2) is 77.8 Å². The minimum absolute atomic E-state index is 0.164. The van der Waals surface area contributed by atoms with E-state index in [4.69, 9.17) is 0 Å². The number of carbonyl (C=O) groups excluding carboxylic acids is 1. The van der Waals surface area contributed by atoms with E-state index in [0.717, 1.165) is 69.1 Å². The number of fused-ring (bicyclic) bond motifs is 1. The Hall–Kier alpha value is -1.93. The summed E-state index contributed by atoms with van der Waals surface area (Å²) in [5.41, 5.74) is 1.04. The van der Waals surface area contributed by atoms with Crippen molar-refractivity contribution in [1.82, 2.24) is 20.2 Å². The van der Waals surface area contributed by atoms with Crippen LogP contribution in [0, 0.1) is 0 Å². The third-order valence-corrected chi connectivity index (χ3v) is 5.80. The molecule has 0 aliphatic carbocycles. The number of aliphatic hydroxyl groups is 1. The zero-order valence-corrected chi connectivity index (χ0v) is 15.4. The van der Waals surface area contributed by atoms with E-state index in [1.165, 1.54) is 0 Å². The predicted molar refractivity (Wildman–Crippen MR) is 99.2 cm³/mol. The minimum Gasteiger partial charge on any atom is -0.393 e. The van der Waals surface area contributed by atoms with Crippen molar-refractivity contribution in [1.29, 1.82) is 0 Å². The van der Waals surface area contributed by atoms with Crippen LogP contribution in [0.5, 0.6) is 0 Å². The van der Waals surface area contributed by atoms with E-state index in [1.807, 2.05) is 16.8 Å². The summed E-state index contributed by atoms with van der Waals surface area (Å²) in [4.78, 5) is 28.2. The molecule has 1 aromatic rings. The van der Waals surface area contributed by atoms with Gasteiger partial charge in [0.2, 0.25) is 5.91 Å². The van der Waals surface area contributed by atoms with Gasteiger partial charge < -0.3 is 25.1 Å². The molecule has 0 atom stereocenters. The van der Waals surface area contributed by atoms with E-state index in [1.54, 1.807) is 6.33 Å². The fraction of sp³-hybridized carbons (Fsp3) is 0.722. The van der Waals surface area contributed by atoms with E-state index in [2.05, 4.69) is 20.2 Å². The third-order valence-electron chi connectivity index (χ3n) is 5.80. The lowest BCUT2D eigenvalue weighted by Gasteiger charge is -2.35. The lowest BCUT2D eigenvalue weighted by Crippen LogP contribution is -2.47. The van der Waals surface area contributed by atoms with E-state index in [-0.39, 0.29) is 18.1 Å². The third kappa shape index (κ3) is 3.35. The number of aliphatic hydroxyl groups excluding tert-OH is 1. The Morgan fingerprint density at radius 1 is 1.08 bits per heavy atom. The molecule has 3 aliphatic heterocycles. The number of aromatic nitrogens is 2. The zero-order chi connectivity index (χ0) is 18.1. The van der Waals surface area contributed by atoms with Gasteiger partial charge in [-0.15, -0.1) is 0 Å². The largest absolute Gasteiger partial charge is 0.393 e. The Bertz CT molecular complexity index is 655. The van der Waals surface area contributed by atoms with E-state index < -0.39 is 0 Å². The molecule has 0 radical (unpaired) electrons. The van der Waals surface area contributed by atoms with Gasteiger partial charge in [0.15, 0.2) is 0 Å². The first-order chi connectivity index (χ1) is 12.6. The molecule has 0 unspecified atom stereocenters. The summed E-state index contributed by atoms with van der Waals surface area (Å²) in [6, 6.07) is 0.277. The number of anilines is 2. The number of likely N-dealkylation sites (N-methyl/N-ethyl adjacent to an activating group) is 1. The maximum atomic E-state index is 12.9. The van der Waals surface area contributed by atoms with Crippen LogP contribution in [0.2, 0.25) is 0 Å². The Morgan fingerprint density at radius 3 is 2.50 bits per heavy atom. The van der Waals surface area contributed by atoms with Crippen LogP contribution in [-0.2, 0) is 11.3 Å². The lowest BCUT2D eigenvalue weighted by atomic mass is 10.0. The van der Waals surface area contributed by atoms with Gasteiger partial charge in [0.25, 0.3) is 0 Å². The fourth-order valence-corrected chi connectivity index (χ4v) is 4.29. The fourth-order valence-electron chi connectivity index (χ4n) is 4.29. The average molecular weight is 360 g/mol. The summed E-state index contributed by atoms with van der Waals surface area (Å²) in [6.45, 7) is 4.41. The van der Waals surface area contributed by atoms with Gasteiger partial charge in [-0.05, 0) is 38.8 Å². The zero-order valence-electron chi connectivity index (χ0n) is 15.4.